The number of halogens is 1. The molecule has 0 fully saturated rings. The smallest absolute Gasteiger partial charge is 0.344 e. The van der Waals surface area contributed by atoms with Crippen LogP contribution in [0.25, 0.3) is 32.2 Å². The third-order valence-electron chi connectivity index (χ3n) is 3.50. The molecule has 2 aromatic heterocycles. The van der Waals surface area contributed by atoms with E-state index in [4.69, 9.17) is 16.0 Å². The molecular formula is C17H9ClO2S. The first-order valence-corrected chi connectivity index (χ1v) is 7.69. The van der Waals surface area contributed by atoms with Gasteiger partial charge in [-0.05, 0) is 29.6 Å². The van der Waals surface area contributed by atoms with Crippen LogP contribution < -0.4 is 5.63 Å². The minimum Gasteiger partial charge on any atom is -0.422 e. The second-order valence-electron chi connectivity index (χ2n) is 4.71. The van der Waals surface area contributed by atoms with Crippen LogP contribution in [0.4, 0.5) is 0 Å². The fourth-order valence-corrected chi connectivity index (χ4v) is 3.71. The molecule has 2 nitrogen and oxygen atoms in total. The molecule has 0 amide bonds. The van der Waals surface area contributed by atoms with Gasteiger partial charge in [0, 0.05) is 21.2 Å². The van der Waals surface area contributed by atoms with E-state index in [1.165, 1.54) is 0 Å². The summed E-state index contributed by atoms with van der Waals surface area (Å²) in [5, 5.41) is 5.00. The van der Waals surface area contributed by atoms with Crippen LogP contribution in [-0.4, -0.2) is 0 Å². The Balaban J connectivity index is 2.31. The van der Waals surface area contributed by atoms with Crippen LogP contribution in [0.15, 0.2) is 63.1 Å². The van der Waals surface area contributed by atoms with E-state index in [1.807, 2.05) is 35.7 Å². The molecule has 21 heavy (non-hydrogen) atoms. The lowest BCUT2D eigenvalue weighted by molar-refractivity contribution is 0.570. The average Bonchev–Trinajstić information content (AvgIpc) is 3.02. The Hall–Kier alpha value is -2.10. The predicted molar refractivity (Wildman–Crippen MR) is 88.3 cm³/mol. The standard InChI is InChI=1S/C17H9ClO2S/c18-12-7-8-13-15(16(12)14-6-3-9-21-14)10-4-1-2-5-11(10)17(19)20-13/h1-9H. The summed E-state index contributed by atoms with van der Waals surface area (Å²) in [5.41, 5.74) is 1.16. The molecule has 4 aromatic rings. The lowest BCUT2D eigenvalue weighted by Crippen LogP contribution is -2.00. The Kier molecular flexibility index (Phi) is 2.84. The zero-order valence-corrected chi connectivity index (χ0v) is 12.4. The third kappa shape index (κ3) is 1.89. The number of hydrogen-bond acceptors (Lipinski definition) is 3. The van der Waals surface area contributed by atoms with Crippen LogP contribution >= 0.6 is 22.9 Å². The largest absolute Gasteiger partial charge is 0.422 e. The number of fused-ring (bicyclic) bond motifs is 3. The maximum atomic E-state index is 12.1. The first-order valence-electron chi connectivity index (χ1n) is 6.43. The lowest BCUT2D eigenvalue weighted by Gasteiger charge is -2.09. The van der Waals surface area contributed by atoms with Crippen molar-refractivity contribution in [2.24, 2.45) is 0 Å². The second-order valence-corrected chi connectivity index (χ2v) is 6.06. The summed E-state index contributed by atoms with van der Waals surface area (Å²) in [4.78, 5) is 13.1. The second kappa shape index (κ2) is 4.72. The lowest BCUT2D eigenvalue weighted by atomic mass is 10.0. The molecule has 0 spiro atoms. The fourth-order valence-electron chi connectivity index (χ4n) is 2.61. The fraction of sp³-hybridized carbons (Fsp3) is 0. The Bertz CT molecular complexity index is 1020. The maximum Gasteiger partial charge on any atom is 0.344 e. The van der Waals surface area contributed by atoms with Crippen molar-refractivity contribution in [1.82, 2.24) is 0 Å². The number of hydrogen-bond donors (Lipinski definition) is 0. The molecule has 2 heterocycles. The van der Waals surface area contributed by atoms with Gasteiger partial charge in [-0.1, -0.05) is 35.9 Å². The highest BCUT2D eigenvalue weighted by Crippen LogP contribution is 2.40. The van der Waals surface area contributed by atoms with E-state index in [0.29, 0.717) is 16.0 Å². The highest BCUT2D eigenvalue weighted by molar-refractivity contribution is 7.13. The predicted octanol–water partition coefficient (Wildman–Crippen LogP) is 5.33. The van der Waals surface area contributed by atoms with Crippen molar-refractivity contribution in [3.63, 3.8) is 0 Å². The molecule has 102 valence electrons. The molecule has 0 N–H and O–H groups in total. The van der Waals surface area contributed by atoms with Gasteiger partial charge in [-0.2, -0.15) is 0 Å². The Morgan fingerprint density at radius 1 is 0.952 bits per heavy atom. The molecule has 0 radical (unpaired) electrons. The molecule has 4 heteroatoms. The highest BCUT2D eigenvalue weighted by atomic mass is 35.5. The van der Waals surface area contributed by atoms with Crippen molar-refractivity contribution < 1.29 is 4.42 Å². The molecule has 4 rings (SSSR count). The molecule has 0 aliphatic carbocycles. The number of thiophene rings is 1. The number of benzene rings is 2. The van der Waals surface area contributed by atoms with Crippen LogP contribution in [0, 0.1) is 0 Å². The van der Waals surface area contributed by atoms with Gasteiger partial charge in [-0.3, -0.25) is 0 Å². The molecule has 0 saturated heterocycles. The molecule has 2 aromatic carbocycles. The maximum absolute atomic E-state index is 12.1. The van der Waals surface area contributed by atoms with Crippen molar-refractivity contribution >= 4 is 44.7 Å². The first-order chi connectivity index (χ1) is 10.3. The van der Waals surface area contributed by atoms with Crippen molar-refractivity contribution in [3.05, 3.63) is 69.4 Å². The minimum absolute atomic E-state index is 0.322. The van der Waals surface area contributed by atoms with E-state index in [-0.39, 0.29) is 5.63 Å². The van der Waals surface area contributed by atoms with E-state index in [1.54, 1.807) is 29.5 Å². The summed E-state index contributed by atoms with van der Waals surface area (Å²) in [6.07, 6.45) is 0. The summed E-state index contributed by atoms with van der Waals surface area (Å²) in [6.45, 7) is 0. The van der Waals surface area contributed by atoms with E-state index in [9.17, 15) is 4.79 Å². The van der Waals surface area contributed by atoms with E-state index in [2.05, 4.69) is 0 Å². The normalized spacial score (nSPS) is 11.3. The third-order valence-corrected chi connectivity index (χ3v) is 4.71. The van der Waals surface area contributed by atoms with E-state index >= 15 is 0 Å². The zero-order valence-electron chi connectivity index (χ0n) is 10.8. The van der Waals surface area contributed by atoms with Crippen molar-refractivity contribution in [2.75, 3.05) is 0 Å². The average molecular weight is 313 g/mol. The van der Waals surface area contributed by atoms with Crippen molar-refractivity contribution in [3.8, 4) is 10.4 Å². The van der Waals surface area contributed by atoms with Gasteiger partial charge in [0.25, 0.3) is 0 Å². The summed E-state index contributed by atoms with van der Waals surface area (Å²) < 4.78 is 5.46. The summed E-state index contributed by atoms with van der Waals surface area (Å²) in [5.74, 6) is 0. The van der Waals surface area contributed by atoms with Crippen LogP contribution in [0.2, 0.25) is 5.02 Å². The van der Waals surface area contributed by atoms with Gasteiger partial charge in [0.2, 0.25) is 0 Å². The SMILES string of the molecule is O=c1oc2ccc(Cl)c(-c3cccs3)c2c2ccccc12. The zero-order chi connectivity index (χ0) is 14.4. The van der Waals surface area contributed by atoms with Gasteiger partial charge in [-0.15, -0.1) is 11.3 Å². The van der Waals surface area contributed by atoms with Crippen molar-refractivity contribution in [1.29, 1.82) is 0 Å². The van der Waals surface area contributed by atoms with Crippen LogP contribution in [0.1, 0.15) is 0 Å². The molecular weight excluding hydrogens is 304 g/mol. The number of rotatable bonds is 1. The van der Waals surface area contributed by atoms with Crippen LogP contribution in [0.5, 0.6) is 0 Å². The molecule has 0 bridgehead atoms. The summed E-state index contributed by atoms with van der Waals surface area (Å²) in [7, 11) is 0. The van der Waals surface area contributed by atoms with E-state index < -0.39 is 0 Å². The monoisotopic (exact) mass is 312 g/mol. The van der Waals surface area contributed by atoms with Gasteiger partial charge < -0.3 is 4.42 Å². The first kappa shape index (κ1) is 12.6. The van der Waals surface area contributed by atoms with Gasteiger partial charge in [0.05, 0.1) is 10.4 Å². The Morgan fingerprint density at radius 3 is 2.52 bits per heavy atom. The van der Waals surface area contributed by atoms with Crippen LogP contribution in [-0.2, 0) is 0 Å². The Labute approximate surface area is 129 Å². The molecule has 0 aliphatic heterocycles. The quantitative estimate of drug-likeness (QED) is 0.351. The van der Waals surface area contributed by atoms with Crippen molar-refractivity contribution in [2.45, 2.75) is 0 Å². The van der Waals surface area contributed by atoms with Gasteiger partial charge >= 0.3 is 5.63 Å². The summed E-state index contributed by atoms with van der Waals surface area (Å²) in [6, 6.07) is 15.0. The van der Waals surface area contributed by atoms with E-state index in [0.717, 1.165) is 21.2 Å². The van der Waals surface area contributed by atoms with Gasteiger partial charge in [0.15, 0.2) is 0 Å². The van der Waals surface area contributed by atoms with Gasteiger partial charge in [-0.25, -0.2) is 4.79 Å². The van der Waals surface area contributed by atoms with Gasteiger partial charge in [0.1, 0.15) is 5.58 Å². The highest BCUT2D eigenvalue weighted by Gasteiger charge is 2.15. The van der Waals surface area contributed by atoms with Crippen LogP contribution in [0.3, 0.4) is 0 Å². The Morgan fingerprint density at radius 2 is 1.76 bits per heavy atom. The molecule has 0 atom stereocenters. The molecule has 0 aliphatic rings. The topological polar surface area (TPSA) is 30.2 Å². The minimum atomic E-state index is -0.322. The summed E-state index contributed by atoms with van der Waals surface area (Å²) >= 11 is 8.04. The molecule has 0 unspecified atom stereocenters. The molecule has 0 saturated carbocycles.